The van der Waals surface area contributed by atoms with Gasteiger partial charge in [-0.3, -0.25) is 4.79 Å². The molecule has 8 nitrogen and oxygen atoms in total. The number of carboxylic acid groups (broad SMARTS) is 1. The molecule has 9 heteroatoms. The van der Waals surface area contributed by atoms with Crippen molar-refractivity contribution in [2.24, 2.45) is 50.7 Å². The van der Waals surface area contributed by atoms with Gasteiger partial charge in [0.15, 0.2) is 9.84 Å². The van der Waals surface area contributed by atoms with Crippen molar-refractivity contribution >= 4 is 15.8 Å². The van der Waals surface area contributed by atoms with Crippen LogP contribution in [0.15, 0.2) is 41.6 Å². The SMILES string of the molecule is Cc1cccnc1OCCC1(C(=O)O)CC=C(C2=CC[C@@]3(C)C(CC[C@]4(C)C3CC[C@@H]3[C@H]5CCC[C@]5(NCCN5CCS(=O)(=O)CC5)CC[C@]34C)C2(C)C)CC1. The number of carbonyl (C=O) groups is 1. The fourth-order valence-electron chi connectivity index (χ4n) is 15.1. The molecule has 0 amide bonds. The molecule has 7 aliphatic rings. The van der Waals surface area contributed by atoms with Gasteiger partial charge < -0.3 is 20.1 Å². The highest BCUT2D eigenvalue weighted by Gasteiger charge is 2.69. The summed E-state index contributed by atoms with van der Waals surface area (Å²) >= 11 is 0. The Hall–Kier alpha value is -2.23. The molecule has 9 atom stereocenters. The lowest BCUT2D eigenvalue weighted by Crippen LogP contribution is -2.67. The minimum atomic E-state index is -2.85. The Balaban J connectivity index is 0.960. The number of aromatic nitrogens is 1. The molecule has 1 aliphatic heterocycles. The molecule has 1 saturated heterocycles. The average molecular weight is 790 g/mol. The summed E-state index contributed by atoms with van der Waals surface area (Å²) in [5.41, 5.74) is 4.25. The summed E-state index contributed by atoms with van der Waals surface area (Å²) in [4.78, 5) is 19.5. The molecule has 4 saturated carbocycles. The number of rotatable bonds is 10. The second kappa shape index (κ2) is 14.5. The first-order valence-electron chi connectivity index (χ1n) is 22.3. The zero-order chi connectivity index (χ0) is 39.8. The van der Waals surface area contributed by atoms with E-state index in [0.29, 0.717) is 79.0 Å². The number of aryl methyl sites for hydroxylation is 1. The fourth-order valence-corrected chi connectivity index (χ4v) is 16.4. The molecule has 0 radical (unpaired) electrons. The van der Waals surface area contributed by atoms with Crippen LogP contribution in [0.25, 0.3) is 0 Å². The lowest BCUT2D eigenvalue weighted by molar-refractivity contribution is -0.218. The number of nitrogens with one attached hydrogen (secondary N) is 1. The van der Waals surface area contributed by atoms with Gasteiger partial charge in [0.25, 0.3) is 0 Å². The summed E-state index contributed by atoms with van der Waals surface area (Å²) in [5, 5.41) is 14.7. The number of pyridine rings is 1. The summed E-state index contributed by atoms with van der Waals surface area (Å²) in [7, 11) is -2.85. The van der Waals surface area contributed by atoms with Crippen molar-refractivity contribution in [3.8, 4) is 5.88 Å². The molecule has 3 unspecified atom stereocenters. The molecule has 1 aromatic rings. The molecule has 2 N–H and O–H groups in total. The van der Waals surface area contributed by atoms with Crippen molar-refractivity contribution in [3.63, 3.8) is 0 Å². The summed E-state index contributed by atoms with van der Waals surface area (Å²) in [6.45, 7) is 18.8. The first-order valence-corrected chi connectivity index (χ1v) is 24.2. The third kappa shape index (κ3) is 6.55. The lowest BCUT2D eigenvalue weighted by Gasteiger charge is -2.72. The Bertz CT molecular complexity index is 1840. The third-order valence-electron chi connectivity index (χ3n) is 18.5. The van der Waals surface area contributed by atoms with E-state index in [-0.39, 0.29) is 16.4 Å². The molecule has 8 rings (SSSR count). The average Bonchev–Trinajstić information content (AvgIpc) is 3.58. The Morgan fingerprint density at radius 2 is 1.71 bits per heavy atom. The quantitative estimate of drug-likeness (QED) is 0.242. The van der Waals surface area contributed by atoms with Gasteiger partial charge in [-0.2, -0.15) is 0 Å². The van der Waals surface area contributed by atoms with Gasteiger partial charge in [-0.25, -0.2) is 13.4 Å². The van der Waals surface area contributed by atoms with E-state index in [2.05, 4.69) is 62.0 Å². The van der Waals surface area contributed by atoms with Crippen LogP contribution in [0.1, 0.15) is 130 Å². The largest absolute Gasteiger partial charge is 0.481 e. The van der Waals surface area contributed by atoms with Crippen molar-refractivity contribution in [3.05, 3.63) is 47.2 Å². The van der Waals surface area contributed by atoms with Crippen LogP contribution in [0.2, 0.25) is 0 Å². The number of hydrogen-bond donors (Lipinski definition) is 2. The van der Waals surface area contributed by atoms with Crippen molar-refractivity contribution in [1.82, 2.24) is 15.2 Å². The minimum Gasteiger partial charge on any atom is -0.481 e. The number of ether oxygens (including phenoxy) is 1. The van der Waals surface area contributed by atoms with Crippen molar-refractivity contribution in [1.29, 1.82) is 0 Å². The summed E-state index contributed by atoms with van der Waals surface area (Å²) in [5.74, 6) is 3.31. The molecular formula is C47H71N3O5S. The molecule has 0 aromatic carbocycles. The maximum Gasteiger partial charge on any atom is 0.310 e. The van der Waals surface area contributed by atoms with Gasteiger partial charge in [0, 0.05) is 43.5 Å². The number of aliphatic carboxylic acids is 1. The fraction of sp³-hybridized carbons (Fsp3) is 0.787. The highest BCUT2D eigenvalue weighted by atomic mass is 32.2. The summed E-state index contributed by atoms with van der Waals surface area (Å²) in [6.07, 6.45) is 22.1. The standard InChI is InChI=1S/C47H71N3O5S/c1-33-9-8-25-48-40(33)55-30-24-46(41(51)52)20-13-34(14-21-46)35-15-18-43(4)38(42(35,2)3)16-19-45(6)39(43)12-11-36-37-10-7-17-47(37,23-22-44(36,45)5)49-26-27-50-28-31-56(53,54)32-29-50/h8-9,13,15,25,36-39,49H,7,10-12,14,16-24,26-32H2,1-6H3,(H,51,52)/t36-,37-,38?,39?,43+,44-,45-,46?,47+/m1/s1. The van der Waals surface area contributed by atoms with E-state index in [4.69, 9.17) is 4.74 Å². The Kier molecular flexibility index (Phi) is 10.5. The number of nitrogens with zero attached hydrogens (tertiary/aromatic N) is 2. The van der Waals surface area contributed by atoms with E-state index >= 15 is 0 Å². The van der Waals surface area contributed by atoms with E-state index in [9.17, 15) is 18.3 Å². The number of hydrogen-bond acceptors (Lipinski definition) is 7. The molecule has 6 aliphatic carbocycles. The zero-order valence-electron chi connectivity index (χ0n) is 35.4. The number of fused-ring (bicyclic) bond motifs is 7. The number of allylic oxidation sites excluding steroid dienone is 4. The van der Waals surface area contributed by atoms with Gasteiger partial charge in [0.05, 0.1) is 23.5 Å². The highest BCUT2D eigenvalue weighted by Crippen LogP contribution is 2.76. The van der Waals surface area contributed by atoms with Crippen LogP contribution in [0, 0.1) is 57.7 Å². The second-order valence-corrected chi connectivity index (χ2v) is 23.3. The van der Waals surface area contributed by atoms with Gasteiger partial charge in [-0.05, 0) is 153 Å². The molecule has 1 aromatic heterocycles. The van der Waals surface area contributed by atoms with Crippen LogP contribution in [0.4, 0.5) is 0 Å². The molecule has 2 heterocycles. The normalized spacial score (nSPS) is 41.6. The topological polar surface area (TPSA) is 109 Å². The van der Waals surface area contributed by atoms with Crippen LogP contribution < -0.4 is 10.1 Å². The summed E-state index contributed by atoms with van der Waals surface area (Å²) < 4.78 is 30.0. The van der Waals surface area contributed by atoms with Crippen LogP contribution in [0.3, 0.4) is 0 Å². The summed E-state index contributed by atoms with van der Waals surface area (Å²) in [6, 6.07) is 3.87. The van der Waals surface area contributed by atoms with E-state index in [1.54, 1.807) is 6.20 Å². The second-order valence-electron chi connectivity index (χ2n) is 21.0. The molecule has 0 bridgehead atoms. The van der Waals surface area contributed by atoms with Crippen molar-refractivity contribution in [2.45, 2.75) is 137 Å². The predicted molar refractivity (Wildman–Crippen MR) is 223 cm³/mol. The van der Waals surface area contributed by atoms with E-state index in [0.717, 1.165) is 43.3 Å². The minimum absolute atomic E-state index is 0.0381. The Morgan fingerprint density at radius 1 is 0.929 bits per heavy atom. The predicted octanol–water partition coefficient (Wildman–Crippen LogP) is 8.80. The van der Waals surface area contributed by atoms with Crippen molar-refractivity contribution < 1.29 is 23.1 Å². The monoisotopic (exact) mass is 790 g/mol. The number of carboxylic acids is 1. The lowest BCUT2D eigenvalue weighted by atomic mass is 9.33. The van der Waals surface area contributed by atoms with Gasteiger partial charge in [-0.1, -0.05) is 59.3 Å². The zero-order valence-corrected chi connectivity index (χ0v) is 36.2. The van der Waals surface area contributed by atoms with Gasteiger partial charge in [0.1, 0.15) is 0 Å². The Morgan fingerprint density at radius 3 is 2.43 bits per heavy atom. The van der Waals surface area contributed by atoms with Crippen LogP contribution in [0.5, 0.6) is 5.88 Å². The third-order valence-corrected chi connectivity index (χ3v) is 20.1. The maximum atomic E-state index is 12.8. The van der Waals surface area contributed by atoms with Gasteiger partial charge in [-0.15, -0.1) is 0 Å². The maximum absolute atomic E-state index is 12.8. The highest BCUT2D eigenvalue weighted by molar-refractivity contribution is 7.91. The molecule has 310 valence electrons. The Labute approximate surface area is 338 Å². The van der Waals surface area contributed by atoms with Gasteiger partial charge in [0.2, 0.25) is 5.88 Å². The van der Waals surface area contributed by atoms with Crippen LogP contribution in [-0.4, -0.2) is 79.2 Å². The van der Waals surface area contributed by atoms with Gasteiger partial charge >= 0.3 is 5.97 Å². The van der Waals surface area contributed by atoms with Crippen LogP contribution >= 0.6 is 0 Å². The van der Waals surface area contributed by atoms with E-state index < -0.39 is 21.2 Å². The van der Waals surface area contributed by atoms with E-state index in [1.165, 1.54) is 68.9 Å². The molecule has 0 spiro atoms. The molecular weight excluding hydrogens is 719 g/mol. The number of sulfone groups is 1. The first-order chi connectivity index (χ1) is 26.5. The smallest absolute Gasteiger partial charge is 0.310 e. The van der Waals surface area contributed by atoms with Crippen LogP contribution in [-0.2, 0) is 14.6 Å². The molecule has 5 fully saturated rings. The molecule has 56 heavy (non-hydrogen) atoms. The van der Waals surface area contributed by atoms with E-state index in [1.807, 2.05) is 19.1 Å². The first kappa shape index (κ1) is 40.5. The van der Waals surface area contributed by atoms with Crippen molar-refractivity contribution in [2.75, 3.05) is 44.3 Å².